The molecule has 3 aromatic rings. The number of H-pyrrole nitrogens is 1. The quantitative estimate of drug-likeness (QED) is 0.745. The van der Waals surface area contributed by atoms with E-state index >= 15 is 0 Å². The third kappa shape index (κ3) is 3.34. The summed E-state index contributed by atoms with van der Waals surface area (Å²) in [5.74, 6) is 0.763. The molecule has 1 fully saturated rings. The van der Waals surface area contributed by atoms with Crippen LogP contribution in [0.4, 0.5) is 0 Å². The monoisotopic (exact) mass is 368 g/mol. The SMILES string of the molecule is Cl.O=c1[nH]c(CN2CCNCC2)nc2scc(-c3cccs3)c12. The molecule has 0 unspecified atom stereocenters. The highest BCUT2D eigenvalue weighted by Crippen LogP contribution is 2.33. The van der Waals surface area contributed by atoms with Gasteiger partial charge in [-0.3, -0.25) is 9.69 Å². The fourth-order valence-corrected chi connectivity index (χ4v) is 4.54. The molecule has 2 N–H and O–H groups in total. The Balaban J connectivity index is 0.00000156. The lowest BCUT2D eigenvalue weighted by Crippen LogP contribution is -2.43. The zero-order valence-electron chi connectivity index (χ0n) is 12.4. The molecule has 0 atom stereocenters. The van der Waals surface area contributed by atoms with Crippen LogP contribution in [-0.2, 0) is 6.54 Å². The zero-order chi connectivity index (χ0) is 14.9. The molecule has 122 valence electrons. The van der Waals surface area contributed by atoms with Crippen LogP contribution < -0.4 is 10.9 Å². The average molecular weight is 369 g/mol. The maximum absolute atomic E-state index is 12.5. The second-order valence-corrected chi connectivity index (χ2v) is 7.15. The maximum atomic E-state index is 12.5. The van der Waals surface area contributed by atoms with Crippen LogP contribution in [0.3, 0.4) is 0 Å². The van der Waals surface area contributed by atoms with Gasteiger partial charge in [0.1, 0.15) is 10.7 Å². The average Bonchev–Trinajstić information content (AvgIpc) is 3.16. The van der Waals surface area contributed by atoms with Crippen molar-refractivity contribution in [3.8, 4) is 10.4 Å². The summed E-state index contributed by atoms with van der Waals surface area (Å²) in [6, 6.07) is 4.05. The first-order chi connectivity index (χ1) is 10.8. The Morgan fingerprint density at radius 1 is 1.26 bits per heavy atom. The number of thiophene rings is 2. The molecule has 0 amide bonds. The van der Waals surface area contributed by atoms with E-state index in [-0.39, 0.29) is 18.0 Å². The van der Waals surface area contributed by atoms with Gasteiger partial charge in [-0.15, -0.1) is 35.1 Å². The fourth-order valence-electron chi connectivity index (χ4n) is 2.76. The van der Waals surface area contributed by atoms with Crippen LogP contribution in [0, 0.1) is 0 Å². The summed E-state index contributed by atoms with van der Waals surface area (Å²) in [7, 11) is 0. The largest absolute Gasteiger partial charge is 0.314 e. The highest BCUT2D eigenvalue weighted by Gasteiger charge is 2.16. The molecule has 1 aliphatic rings. The number of hydrogen-bond acceptors (Lipinski definition) is 6. The second kappa shape index (κ2) is 7.11. The minimum absolute atomic E-state index is 0. The van der Waals surface area contributed by atoms with Crippen LogP contribution in [0.25, 0.3) is 20.7 Å². The molecule has 8 heteroatoms. The lowest BCUT2D eigenvalue weighted by molar-refractivity contribution is 0.228. The first-order valence-corrected chi connectivity index (χ1v) is 9.04. The Labute approximate surface area is 147 Å². The number of piperazine rings is 1. The molecule has 23 heavy (non-hydrogen) atoms. The smallest absolute Gasteiger partial charge is 0.260 e. The van der Waals surface area contributed by atoms with E-state index in [4.69, 9.17) is 0 Å². The van der Waals surface area contributed by atoms with E-state index in [1.807, 2.05) is 22.9 Å². The van der Waals surface area contributed by atoms with Crippen molar-refractivity contribution in [2.75, 3.05) is 26.2 Å². The third-order valence-electron chi connectivity index (χ3n) is 3.86. The second-order valence-electron chi connectivity index (χ2n) is 5.35. The molecular weight excluding hydrogens is 352 g/mol. The van der Waals surface area contributed by atoms with Crippen molar-refractivity contribution in [1.29, 1.82) is 0 Å². The third-order valence-corrected chi connectivity index (χ3v) is 5.64. The molecule has 4 heterocycles. The number of rotatable bonds is 3. The predicted molar refractivity (Wildman–Crippen MR) is 98.9 cm³/mol. The molecule has 0 aromatic carbocycles. The van der Waals surface area contributed by atoms with Crippen molar-refractivity contribution in [2.24, 2.45) is 0 Å². The van der Waals surface area contributed by atoms with Gasteiger partial charge >= 0.3 is 0 Å². The van der Waals surface area contributed by atoms with Crippen LogP contribution in [0.1, 0.15) is 5.82 Å². The molecule has 0 spiro atoms. The number of nitrogens with one attached hydrogen (secondary N) is 2. The van der Waals surface area contributed by atoms with E-state index in [9.17, 15) is 4.79 Å². The number of nitrogens with zero attached hydrogens (tertiary/aromatic N) is 2. The Kier molecular flexibility index (Phi) is 5.13. The summed E-state index contributed by atoms with van der Waals surface area (Å²) >= 11 is 3.20. The van der Waals surface area contributed by atoms with E-state index in [0.717, 1.165) is 52.7 Å². The maximum Gasteiger partial charge on any atom is 0.260 e. The molecule has 5 nitrogen and oxygen atoms in total. The number of aromatic amines is 1. The predicted octanol–water partition coefficient (Wildman–Crippen LogP) is 2.54. The Hall–Kier alpha value is -1.25. The number of fused-ring (bicyclic) bond motifs is 1. The van der Waals surface area contributed by atoms with Crippen molar-refractivity contribution in [2.45, 2.75) is 6.54 Å². The van der Waals surface area contributed by atoms with Crippen LogP contribution in [0.2, 0.25) is 0 Å². The Bertz CT molecular complexity index is 837. The normalized spacial score (nSPS) is 15.7. The molecule has 4 rings (SSSR count). The number of halogens is 1. The highest BCUT2D eigenvalue weighted by atomic mass is 35.5. The number of aromatic nitrogens is 2. The van der Waals surface area contributed by atoms with Crippen molar-refractivity contribution < 1.29 is 0 Å². The summed E-state index contributed by atoms with van der Waals surface area (Å²) in [6.45, 7) is 4.68. The van der Waals surface area contributed by atoms with Crippen LogP contribution in [0.5, 0.6) is 0 Å². The molecule has 3 aromatic heterocycles. The van der Waals surface area contributed by atoms with Gasteiger partial charge in [-0.25, -0.2) is 4.98 Å². The molecule has 1 aliphatic heterocycles. The summed E-state index contributed by atoms with van der Waals surface area (Å²) in [5.41, 5.74) is 0.970. The molecule has 0 bridgehead atoms. The standard InChI is InChI=1S/C15H16N4OS2.ClH/c20-14-13-10(11-2-1-7-21-11)9-22-15(13)18-12(17-14)8-19-5-3-16-4-6-19;/h1-2,7,9,16H,3-6,8H2,(H,17,18,20);1H. The van der Waals surface area contributed by atoms with Crippen molar-refractivity contribution >= 4 is 45.3 Å². The minimum atomic E-state index is -0.0280. The van der Waals surface area contributed by atoms with Crippen molar-refractivity contribution in [3.05, 3.63) is 39.1 Å². The molecule has 0 saturated carbocycles. The van der Waals surface area contributed by atoms with E-state index in [1.54, 1.807) is 22.7 Å². The highest BCUT2D eigenvalue weighted by molar-refractivity contribution is 7.18. The van der Waals surface area contributed by atoms with Gasteiger partial charge in [-0.1, -0.05) is 6.07 Å². The molecular formula is C15H17ClN4OS2. The lowest BCUT2D eigenvalue weighted by Gasteiger charge is -2.26. The van der Waals surface area contributed by atoms with E-state index < -0.39 is 0 Å². The number of hydrogen-bond donors (Lipinski definition) is 2. The van der Waals surface area contributed by atoms with E-state index in [1.165, 1.54) is 0 Å². The first kappa shape index (κ1) is 16.6. The lowest BCUT2D eigenvalue weighted by atomic mass is 10.2. The molecule has 0 radical (unpaired) electrons. The summed E-state index contributed by atoms with van der Waals surface area (Å²) in [5, 5.41) is 8.11. The summed E-state index contributed by atoms with van der Waals surface area (Å²) in [6.07, 6.45) is 0. The van der Waals surface area contributed by atoms with Gasteiger partial charge in [0.05, 0.1) is 11.9 Å². The first-order valence-electron chi connectivity index (χ1n) is 7.28. The van der Waals surface area contributed by atoms with Gasteiger partial charge in [-0.05, 0) is 11.4 Å². The van der Waals surface area contributed by atoms with Crippen LogP contribution in [0.15, 0.2) is 27.7 Å². The Morgan fingerprint density at radius 3 is 2.83 bits per heavy atom. The van der Waals surface area contributed by atoms with Crippen molar-refractivity contribution in [1.82, 2.24) is 20.2 Å². The van der Waals surface area contributed by atoms with Gasteiger partial charge in [0.25, 0.3) is 5.56 Å². The molecule has 0 aliphatic carbocycles. The van der Waals surface area contributed by atoms with E-state index in [0.29, 0.717) is 6.54 Å². The minimum Gasteiger partial charge on any atom is -0.314 e. The fraction of sp³-hybridized carbons (Fsp3) is 0.333. The Morgan fingerprint density at radius 2 is 2.09 bits per heavy atom. The van der Waals surface area contributed by atoms with Gasteiger partial charge in [0.2, 0.25) is 0 Å². The van der Waals surface area contributed by atoms with Gasteiger partial charge in [0.15, 0.2) is 0 Å². The zero-order valence-corrected chi connectivity index (χ0v) is 14.8. The van der Waals surface area contributed by atoms with E-state index in [2.05, 4.69) is 20.2 Å². The van der Waals surface area contributed by atoms with Gasteiger partial charge in [-0.2, -0.15) is 0 Å². The summed E-state index contributed by atoms with van der Waals surface area (Å²) in [4.78, 5) is 24.4. The van der Waals surface area contributed by atoms with Crippen molar-refractivity contribution in [3.63, 3.8) is 0 Å². The van der Waals surface area contributed by atoms with Crippen LogP contribution in [-0.4, -0.2) is 41.0 Å². The summed E-state index contributed by atoms with van der Waals surface area (Å²) < 4.78 is 0. The van der Waals surface area contributed by atoms with Gasteiger partial charge in [0, 0.05) is 42.0 Å². The van der Waals surface area contributed by atoms with Gasteiger partial charge < -0.3 is 10.3 Å². The van der Waals surface area contributed by atoms with Crippen LogP contribution >= 0.6 is 35.1 Å². The topological polar surface area (TPSA) is 61.0 Å². The molecule has 1 saturated heterocycles.